The van der Waals surface area contributed by atoms with Crippen molar-refractivity contribution in [2.45, 2.75) is 4.90 Å². The van der Waals surface area contributed by atoms with Crippen LogP contribution in [0.3, 0.4) is 0 Å². The molecule has 0 aliphatic heterocycles. The van der Waals surface area contributed by atoms with Crippen molar-refractivity contribution in [1.82, 2.24) is 0 Å². The Morgan fingerprint density at radius 2 is 2.00 bits per heavy atom. The highest BCUT2D eigenvalue weighted by molar-refractivity contribution is 7.90. The van der Waals surface area contributed by atoms with Crippen LogP contribution in [0, 0.1) is 15.9 Å². The van der Waals surface area contributed by atoms with Crippen molar-refractivity contribution in [3.05, 3.63) is 57.4 Å². The number of sulfone groups is 1. The fourth-order valence-electron chi connectivity index (χ4n) is 1.91. The van der Waals surface area contributed by atoms with Gasteiger partial charge in [-0.2, -0.15) is 0 Å². The molecule has 0 saturated carbocycles. The molecule has 0 spiro atoms. The molecule has 138 valence electrons. The largest absolute Gasteiger partial charge is 0.477 e. The van der Waals surface area contributed by atoms with Gasteiger partial charge < -0.3 is 10.1 Å². The molecule has 2 rings (SSSR count). The minimum absolute atomic E-state index is 0.0249. The van der Waals surface area contributed by atoms with Gasteiger partial charge in [-0.15, -0.1) is 0 Å². The summed E-state index contributed by atoms with van der Waals surface area (Å²) in [4.78, 5) is 22.0. The van der Waals surface area contributed by atoms with Crippen LogP contribution in [-0.4, -0.2) is 32.1 Å². The minimum atomic E-state index is -3.51. The van der Waals surface area contributed by atoms with Crippen LogP contribution in [0.4, 0.5) is 15.8 Å². The Balaban J connectivity index is 2.13. The monoisotopic (exact) mass is 402 g/mol. The summed E-state index contributed by atoms with van der Waals surface area (Å²) < 4.78 is 41.3. The first kappa shape index (κ1) is 19.6. The summed E-state index contributed by atoms with van der Waals surface area (Å²) in [7, 11) is -3.51. The van der Waals surface area contributed by atoms with Gasteiger partial charge in [0.25, 0.3) is 5.91 Å². The zero-order valence-corrected chi connectivity index (χ0v) is 14.8. The highest BCUT2D eigenvalue weighted by Crippen LogP contribution is 2.28. The standard InChI is InChI=1S/C15H12ClFN2O6S/c1-26(23,24)10-3-4-11(16)12(7-10)18-15(20)8-25-14-6-9(17)2-5-13(14)19(21)22/h2-7H,8H2,1H3,(H,18,20). The number of ether oxygens (including phenoxy) is 1. The van der Waals surface area contributed by atoms with Crippen molar-refractivity contribution in [3.8, 4) is 5.75 Å². The highest BCUT2D eigenvalue weighted by Gasteiger charge is 2.18. The van der Waals surface area contributed by atoms with E-state index in [-0.39, 0.29) is 15.6 Å². The van der Waals surface area contributed by atoms with E-state index < -0.39 is 44.5 Å². The molecule has 8 nitrogen and oxygen atoms in total. The zero-order valence-electron chi connectivity index (χ0n) is 13.2. The van der Waals surface area contributed by atoms with Crippen molar-refractivity contribution in [3.63, 3.8) is 0 Å². The molecule has 0 aliphatic rings. The molecule has 0 radical (unpaired) electrons. The molecule has 2 aromatic rings. The normalized spacial score (nSPS) is 11.0. The number of nitro groups is 1. The molecule has 1 N–H and O–H groups in total. The van der Waals surface area contributed by atoms with Gasteiger partial charge in [0.2, 0.25) is 5.75 Å². The number of rotatable bonds is 6. The predicted octanol–water partition coefficient (Wildman–Crippen LogP) is 2.81. The molecule has 0 fully saturated rings. The highest BCUT2D eigenvalue weighted by atomic mass is 35.5. The van der Waals surface area contributed by atoms with Crippen LogP contribution < -0.4 is 10.1 Å². The number of carbonyl (C=O) groups is 1. The molecule has 0 atom stereocenters. The second kappa shape index (κ2) is 7.67. The van der Waals surface area contributed by atoms with Gasteiger partial charge in [-0.1, -0.05) is 11.6 Å². The predicted molar refractivity (Wildman–Crippen MR) is 91.7 cm³/mol. The molecule has 0 saturated heterocycles. The molecule has 0 unspecified atom stereocenters. The number of anilines is 1. The molecule has 0 aliphatic carbocycles. The number of halogens is 2. The Morgan fingerprint density at radius 1 is 1.31 bits per heavy atom. The molecule has 0 aromatic heterocycles. The van der Waals surface area contributed by atoms with E-state index in [1.165, 1.54) is 18.2 Å². The molecular weight excluding hydrogens is 391 g/mol. The molecule has 26 heavy (non-hydrogen) atoms. The first-order valence-corrected chi connectivity index (χ1v) is 9.21. The maximum atomic E-state index is 13.2. The van der Waals surface area contributed by atoms with E-state index in [1.807, 2.05) is 0 Å². The average molecular weight is 403 g/mol. The first-order chi connectivity index (χ1) is 12.1. The van der Waals surface area contributed by atoms with Gasteiger partial charge in [0.05, 0.1) is 20.5 Å². The number of hydrogen-bond acceptors (Lipinski definition) is 6. The summed E-state index contributed by atoms with van der Waals surface area (Å²) in [6, 6.07) is 6.32. The molecule has 11 heteroatoms. The summed E-state index contributed by atoms with van der Waals surface area (Å²) in [6.07, 6.45) is 0.994. The smallest absolute Gasteiger partial charge is 0.311 e. The van der Waals surface area contributed by atoms with Gasteiger partial charge in [-0.3, -0.25) is 14.9 Å². The van der Waals surface area contributed by atoms with Crippen molar-refractivity contribution in [1.29, 1.82) is 0 Å². The van der Waals surface area contributed by atoms with E-state index in [4.69, 9.17) is 16.3 Å². The molecule has 0 heterocycles. The number of amides is 1. The van der Waals surface area contributed by atoms with E-state index in [9.17, 15) is 27.7 Å². The van der Waals surface area contributed by atoms with Crippen LogP contribution in [0.15, 0.2) is 41.3 Å². The lowest BCUT2D eigenvalue weighted by Gasteiger charge is -2.10. The van der Waals surface area contributed by atoms with Crippen LogP contribution in [0.25, 0.3) is 0 Å². The third-order valence-corrected chi connectivity index (χ3v) is 4.56. The van der Waals surface area contributed by atoms with Gasteiger partial charge in [0, 0.05) is 18.4 Å². The molecule has 0 bridgehead atoms. The van der Waals surface area contributed by atoms with Crippen LogP contribution in [0.2, 0.25) is 5.02 Å². The van der Waals surface area contributed by atoms with Crippen molar-refractivity contribution in [2.24, 2.45) is 0 Å². The SMILES string of the molecule is CS(=O)(=O)c1ccc(Cl)c(NC(=O)COc2cc(F)ccc2[N+](=O)[O-])c1. The van der Waals surface area contributed by atoms with Crippen molar-refractivity contribution < 1.29 is 27.3 Å². The lowest BCUT2D eigenvalue weighted by Crippen LogP contribution is -2.21. The van der Waals surface area contributed by atoms with E-state index in [0.29, 0.717) is 0 Å². The minimum Gasteiger partial charge on any atom is -0.477 e. The van der Waals surface area contributed by atoms with Crippen molar-refractivity contribution >= 4 is 38.7 Å². The number of nitrogens with zero attached hydrogens (tertiary/aromatic N) is 1. The second-order valence-electron chi connectivity index (χ2n) is 5.12. The molecule has 2 aromatic carbocycles. The van der Waals surface area contributed by atoms with Crippen LogP contribution in [-0.2, 0) is 14.6 Å². The van der Waals surface area contributed by atoms with Gasteiger partial charge >= 0.3 is 5.69 Å². The Bertz CT molecular complexity index is 980. The summed E-state index contributed by atoms with van der Waals surface area (Å²) in [5, 5.41) is 13.3. The lowest BCUT2D eigenvalue weighted by molar-refractivity contribution is -0.385. The topological polar surface area (TPSA) is 116 Å². The zero-order chi connectivity index (χ0) is 19.5. The van der Waals surface area contributed by atoms with Crippen molar-refractivity contribution in [2.75, 3.05) is 18.2 Å². The number of nitrogens with one attached hydrogen (secondary N) is 1. The van der Waals surface area contributed by atoms with E-state index >= 15 is 0 Å². The van der Waals surface area contributed by atoms with Crippen LogP contribution in [0.1, 0.15) is 0 Å². The maximum Gasteiger partial charge on any atom is 0.311 e. The van der Waals surface area contributed by atoms with Crippen LogP contribution >= 0.6 is 11.6 Å². The second-order valence-corrected chi connectivity index (χ2v) is 7.54. The fraction of sp³-hybridized carbons (Fsp3) is 0.133. The van der Waals surface area contributed by atoms with E-state index in [2.05, 4.69) is 5.32 Å². The Morgan fingerprint density at radius 3 is 2.62 bits per heavy atom. The number of benzene rings is 2. The van der Waals surface area contributed by atoms with E-state index in [0.717, 1.165) is 24.5 Å². The third-order valence-electron chi connectivity index (χ3n) is 3.12. The average Bonchev–Trinajstić information content (AvgIpc) is 2.53. The Labute approximate surface area is 152 Å². The first-order valence-electron chi connectivity index (χ1n) is 6.94. The Kier molecular flexibility index (Phi) is 5.78. The molecule has 1 amide bonds. The molecular formula is C15H12ClFN2O6S. The lowest BCUT2D eigenvalue weighted by atomic mass is 10.3. The third kappa shape index (κ3) is 4.90. The maximum absolute atomic E-state index is 13.2. The summed E-state index contributed by atoms with van der Waals surface area (Å²) >= 11 is 5.91. The van der Waals surface area contributed by atoms with Gasteiger partial charge in [0.15, 0.2) is 16.4 Å². The van der Waals surface area contributed by atoms with Gasteiger partial charge in [-0.05, 0) is 24.3 Å². The number of hydrogen-bond donors (Lipinski definition) is 1. The Hall–Kier alpha value is -2.72. The summed E-state index contributed by atoms with van der Waals surface area (Å²) in [5.74, 6) is -1.95. The number of carbonyl (C=O) groups excluding carboxylic acids is 1. The van der Waals surface area contributed by atoms with Gasteiger partial charge in [-0.25, -0.2) is 12.8 Å². The summed E-state index contributed by atoms with van der Waals surface area (Å²) in [6.45, 7) is -0.677. The fourth-order valence-corrected chi connectivity index (χ4v) is 2.73. The van der Waals surface area contributed by atoms with Crippen LogP contribution in [0.5, 0.6) is 5.75 Å². The number of nitro benzene ring substituents is 1. The quantitative estimate of drug-likeness (QED) is 0.586. The van der Waals surface area contributed by atoms with Gasteiger partial charge in [0.1, 0.15) is 5.82 Å². The van der Waals surface area contributed by atoms with E-state index in [1.54, 1.807) is 0 Å². The summed E-state index contributed by atoms with van der Waals surface area (Å²) in [5.41, 5.74) is -0.478.